The van der Waals surface area contributed by atoms with Crippen molar-refractivity contribution in [2.24, 2.45) is 0 Å². The Bertz CT molecular complexity index is 1010. The molecule has 0 aromatic carbocycles. The number of nitrogens with zero attached hydrogens (tertiary/aromatic N) is 4. The second-order valence-electron chi connectivity index (χ2n) is 8.13. The molecule has 5 heterocycles. The highest BCUT2D eigenvalue weighted by molar-refractivity contribution is 6.06. The van der Waals surface area contributed by atoms with Crippen molar-refractivity contribution >= 4 is 16.9 Å². The van der Waals surface area contributed by atoms with Crippen LogP contribution in [0.5, 0.6) is 0 Å². The summed E-state index contributed by atoms with van der Waals surface area (Å²) in [6.45, 7) is 5.66. The van der Waals surface area contributed by atoms with E-state index in [1.165, 1.54) is 6.42 Å². The van der Waals surface area contributed by atoms with Crippen LogP contribution in [-0.4, -0.2) is 50.7 Å². The first-order valence-corrected chi connectivity index (χ1v) is 10.1. The molecule has 3 aromatic heterocycles. The highest BCUT2D eigenvalue weighted by Crippen LogP contribution is 2.29. The predicted molar refractivity (Wildman–Crippen MR) is 106 cm³/mol. The molecule has 146 valence electrons. The first kappa shape index (κ1) is 17.4. The Balaban J connectivity index is 1.60. The summed E-state index contributed by atoms with van der Waals surface area (Å²) < 4.78 is 7.42. The van der Waals surface area contributed by atoms with Gasteiger partial charge in [0.1, 0.15) is 5.69 Å². The zero-order valence-corrected chi connectivity index (χ0v) is 16.3. The third kappa shape index (κ3) is 2.90. The standard InChI is InChI=1S/C21H25N5O2/c1-13(2)26-20-17(11-22-26)16(10-18(24-20)19-4-3-9-28-19)21(27)25-8-7-14-5-6-15(12-25)23-14/h3-4,9-11,13-15,23H,5-8,12H2,1-2H3. The molecule has 2 bridgehead atoms. The molecule has 2 aliphatic heterocycles. The minimum atomic E-state index is 0.0536. The van der Waals surface area contributed by atoms with Crippen LogP contribution < -0.4 is 5.32 Å². The molecule has 0 radical (unpaired) electrons. The normalized spacial score (nSPS) is 22.2. The van der Waals surface area contributed by atoms with Gasteiger partial charge in [-0.2, -0.15) is 5.10 Å². The molecule has 0 aliphatic carbocycles. The number of pyridine rings is 1. The topological polar surface area (TPSA) is 76.2 Å². The van der Waals surface area contributed by atoms with Crippen molar-refractivity contribution in [3.8, 4) is 11.5 Å². The number of carbonyl (C=O) groups excluding carboxylic acids is 1. The number of rotatable bonds is 3. The van der Waals surface area contributed by atoms with E-state index in [4.69, 9.17) is 9.40 Å². The SMILES string of the molecule is CC(C)n1ncc2c(C(=O)N3CCC4CCC(C3)N4)cc(-c3ccco3)nc21. The van der Waals surface area contributed by atoms with Gasteiger partial charge >= 0.3 is 0 Å². The van der Waals surface area contributed by atoms with E-state index < -0.39 is 0 Å². The maximum Gasteiger partial charge on any atom is 0.254 e. The van der Waals surface area contributed by atoms with Crippen LogP contribution in [-0.2, 0) is 0 Å². The fourth-order valence-electron chi connectivity index (χ4n) is 4.42. The highest BCUT2D eigenvalue weighted by Gasteiger charge is 2.32. The molecule has 0 spiro atoms. The zero-order valence-electron chi connectivity index (χ0n) is 16.3. The molecule has 1 amide bonds. The molecule has 1 N–H and O–H groups in total. The summed E-state index contributed by atoms with van der Waals surface area (Å²) in [7, 11) is 0. The summed E-state index contributed by atoms with van der Waals surface area (Å²) in [4.78, 5) is 20.3. The monoisotopic (exact) mass is 379 g/mol. The average Bonchev–Trinajstić information content (AvgIpc) is 3.39. The van der Waals surface area contributed by atoms with Gasteiger partial charge in [0.25, 0.3) is 5.91 Å². The van der Waals surface area contributed by atoms with Crippen molar-refractivity contribution in [2.75, 3.05) is 13.1 Å². The number of nitrogens with one attached hydrogen (secondary N) is 1. The second-order valence-corrected chi connectivity index (χ2v) is 8.13. The summed E-state index contributed by atoms with van der Waals surface area (Å²) in [5.41, 5.74) is 2.04. The summed E-state index contributed by atoms with van der Waals surface area (Å²) in [5, 5.41) is 8.95. The summed E-state index contributed by atoms with van der Waals surface area (Å²) in [6.07, 6.45) is 6.76. The second kappa shape index (κ2) is 6.74. The molecule has 3 aromatic rings. The van der Waals surface area contributed by atoms with Gasteiger partial charge in [-0.25, -0.2) is 9.67 Å². The highest BCUT2D eigenvalue weighted by atomic mass is 16.3. The van der Waals surface area contributed by atoms with Crippen molar-refractivity contribution in [3.63, 3.8) is 0 Å². The Morgan fingerprint density at radius 2 is 2.14 bits per heavy atom. The Morgan fingerprint density at radius 3 is 2.93 bits per heavy atom. The smallest absolute Gasteiger partial charge is 0.254 e. The number of aromatic nitrogens is 3. The maximum atomic E-state index is 13.5. The van der Waals surface area contributed by atoms with E-state index in [0.717, 1.165) is 37.0 Å². The van der Waals surface area contributed by atoms with Crippen LogP contribution in [0.2, 0.25) is 0 Å². The van der Waals surface area contributed by atoms with E-state index in [9.17, 15) is 4.79 Å². The molecule has 7 heteroatoms. The fraction of sp³-hybridized carbons (Fsp3) is 0.476. The lowest BCUT2D eigenvalue weighted by atomic mass is 10.1. The molecule has 2 fully saturated rings. The molecule has 2 unspecified atom stereocenters. The molecule has 5 rings (SSSR count). The van der Waals surface area contributed by atoms with E-state index in [1.807, 2.05) is 27.8 Å². The largest absolute Gasteiger partial charge is 0.463 e. The maximum absolute atomic E-state index is 13.5. The molecular formula is C21H25N5O2. The number of fused-ring (bicyclic) bond motifs is 3. The Kier molecular flexibility index (Phi) is 4.19. The zero-order chi connectivity index (χ0) is 19.3. The van der Waals surface area contributed by atoms with E-state index in [0.29, 0.717) is 29.1 Å². The first-order valence-electron chi connectivity index (χ1n) is 10.1. The van der Waals surface area contributed by atoms with Gasteiger partial charge in [-0.05, 0) is 51.3 Å². The van der Waals surface area contributed by atoms with E-state index in [2.05, 4.69) is 24.3 Å². The fourth-order valence-corrected chi connectivity index (χ4v) is 4.42. The van der Waals surface area contributed by atoms with Crippen molar-refractivity contribution < 1.29 is 9.21 Å². The Labute approximate surface area is 163 Å². The van der Waals surface area contributed by atoms with Crippen LogP contribution in [0.3, 0.4) is 0 Å². The predicted octanol–water partition coefficient (Wildman–Crippen LogP) is 3.24. The number of furan rings is 1. The lowest BCUT2D eigenvalue weighted by Gasteiger charge is -2.24. The molecule has 2 saturated heterocycles. The number of hydrogen-bond donors (Lipinski definition) is 1. The van der Waals surface area contributed by atoms with Crippen molar-refractivity contribution in [1.82, 2.24) is 25.0 Å². The van der Waals surface area contributed by atoms with E-state index in [1.54, 1.807) is 12.5 Å². The van der Waals surface area contributed by atoms with Gasteiger partial charge in [0.05, 0.1) is 23.4 Å². The van der Waals surface area contributed by atoms with Gasteiger partial charge in [0.2, 0.25) is 0 Å². The minimum absolute atomic E-state index is 0.0536. The Hall–Kier alpha value is -2.67. The van der Waals surface area contributed by atoms with Gasteiger partial charge in [-0.3, -0.25) is 4.79 Å². The van der Waals surface area contributed by atoms with Crippen LogP contribution >= 0.6 is 0 Å². The third-order valence-electron chi connectivity index (χ3n) is 5.87. The van der Waals surface area contributed by atoms with Crippen molar-refractivity contribution in [2.45, 2.75) is 51.2 Å². The van der Waals surface area contributed by atoms with Crippen LogP contribution in [0, 0.1) is 0 Å². The lowest BCUT2D eigenvalue weighted by Crippen LogP contribution is -2.39. The average molecular weight is 379 g/mol. The van der Waals surface area contributed by atoms with Gasteiger partial charge in [0.15, 0.2) is 11.4 Å². The number of likely N-dealkylation sites (tertiary alicyclic amines) is 1. The summed E-state index contributed by atoms with van der Waals surface area (Å²) in [6, 6.07) is 6.65. The van der Waals surface area contributed by atoms with Crippen LogP contribution in [0.25, 0.3) is 22.5 Å². The van der Waals surface area contributed by atoms with Crippen LogP contribution in [0.1, 0.15) is 49.5 Å². The van der Waals surface area contributed by atoms with E-state index >= 15 is 0 Å². The van der Waals surface area contributed by atoms with Gasteiger partial charge in [-0.15, -0.1) is 0 Å². The van der Waals surface area contributed by atoms with Crippen LogP contribution in [0.4, 0.5) is 0 Å². The lowest BCUT2D eigenvalue weighted by molar-refractivity contribution is 0.0750. The van der Waals surface area contributed by atoms with Gasteiger partial charge < -0.3 is 14.6 Å². The first-order chi connectivity index (χ1) is 13.6. The molecule has 0 saturated carbocycles. The molecule has 2 aliphatic rings. The third-order valence-corrected chi connectivity index (χ3v) is 5.87. The van der Waals surface area contributed by atoms with Gasteiger partial charge in [-0.1, -0.05) is 0 Å². The van der Waals surface area contributed by atoms with Crippen molar-refractivity contribution in [3.05, 3.63) is 36.2 Å². The number of amides is 1. The molecule has 7 nitrogen and oxygen atoms in total. The molecule has 2 atom stereocenters. The minimum Gasteiger partial charge on any atom is -0.463 e. The number of hydrogen-bond acceptors (Lipinski definition) is 5. The molecular weight excluding hydrogens is 354 g/mol. The van der Waals surface area contributed by atoms with Gasteiger partial charge in [0, 0.05) is 31.2 Å². The summed E-state index contributed by atoms with van der Waals surface area (Å²) in [5.74, 6) is 0.710. The summed E-state index contributed by atoms with van der Waals surface area (Å²) >= 11 is 0. The van der Waals surface area contributed by atoms with Crippen LogP contribution in [0.15, 0.2) is 35.1 Å². The number of carbonyl (C=O) groups is 1. The van der Waals surface area contributed by atoms with Crippen molar-refractivity contribution in [1.29, 1.82) is 0 Å². The quantitative estimate of drug-likeness (QED) is 0.756. The Morgan fingerprint density at radius 1 is 1.29 bits per heavy atom. The van der Waals surface area contributed by atoms with E-state index in [-0.39, 0.29) is 11.9 Å². The molecule has 28 heavy (non-hydrogen) atoms.